The van der Waals surface area contributed by atoms with E-state index in [9.17, 15) is 9.59 Å². The van der Waals surface area contributed by atoms with Gasteiger partial charge in [0, 0.05) is 20.1 Å². The molecule has 5 nitrogen and oxygen atoms in total. The summed E-state index contributed by atoms with van der Waals surface area (Å²) in [6.45, 7) is 6.05. The Hall–Kier alpha value is -1.10. The van der Waals surface area contributed by atoms with Crippen LogP contribution < -0.4 is 0 Å². The molecule has 0 spiro atoms. The second-order valence-corrected chi connectivity index (χ2v) is 4.86. The van der Waals surface area contributed by atoms with Gasteiger partial charge in [0.1, 0.15) is 11.6 Å². The first-order valence-corrected chi connectivity index (χ1v) is 5.36. The molecule has 0 bridgehead atoms. The van der Waals surface area contributed by atoms with Gasteiger partial charge in [-0.15, -0.1) is 0 Å². The highest BCUT2D eigenvalue weighted by molar-refractivity contribution is 5.90. The molecule has 1 aliphatic heterocycles. The summed E-state index contributed by atoms with van der Waals surface area (Å²) < 4.78 is 10.2. The van der Waals surface area contributed by atoms with Crippen molar-refractivity contribution in [1.29, 1.82) is 0 Å². The van der Waals surface area contributed by atoms with E-state index in [1.807, 2.05) is 0 Å². The van der Waals surface area contributed by atoms with E-state index in [1.165, 1.54) is 12.0 Å². The van der Waals surface area contributed by atoms with Gasteiger partial charge in [-0.1, -0.05) is 0 Å². The van der Waals surface area contributed by atoms with Crippen molar-refractivity contribution < 1.29 is 19.1 Å². The molecule has 0 aromatic rings. The minimum Gasteiger partial charge on any atom is -0.444 e. The van der Waals surface area contributed by atoms with E-state index < -0.39 is 17.7 Å². The lowest BCUT2D eigenvalue weighted by Gasteiger charge is -2.27. The molecule has 1 atom stereocenters. The van der Waals surface area contributed by atoms with Crippen molar-refractivity contribution in [3.05, 3.63) is 0 Å². The third-order valence-corrected chi connectivity index (χ3v) is 2.30. The Balaban J connectivity index is 2.65. The molecule has 1 amide bonds. The summed E-state index contributed by atoms with van der Waals surface area (Å²) in [7, 11) is 1.51. The van der Waals surface area contributed by atoms with Crippen LogP contribution >= 0.6 is 0 Å². The zero-order valence-electron chi connectivity index (χ0n) is 10.3. The average Bonchev–Trinajstić information content (AvgIpc) is 2.46. The van der Waals surface area contributed by atoms with Gasteiger partial charge in [-0.2, -0.15) is 0 Å². The predicted octanol–water partition coefficient (Wildman–Crippen LogP) is 1.21. The maximum absolute atomic E-state index is 11.8. The Morgan fingerprint density at radius 2 is 2.12 bits per heavy atom. The number of hydrogen-bond acceptors (Lipinski definition) is 4. The molecule has 1 rings (SSSR count). The van der Waals surface area contributed by atoms with Crippen molar-refractivity contribution in [1.82, 2.24) is 4.90 Å². The smallest absolute Gasteiger partial charge is 0.410 e. The standard InChI is InChI=1S/C11H19NO4/c1-11(2,3)16-10(14)12-6-5-9(13)8(12)7-15-4/h8H,5-7H2,1-4H3. The average molecular weight is 229 g/mol. The van der Waals surface area contributed by atoms with E-state index >= 15 is 0 Å². The van der Waals surface area contributed by atoms with Crippen molar-refractivity contribution in [3.8, 4) is 0 Å². The quantitative estimate of drug-likeness (QED) is 0.714. The van der Waals surface area contributed by atoms with Gasteiger partial charge >= 0.3 is 6.09 Å². The predicted molar refractivity (Wildman–Crippen MR) is 58.2 cm³/mol. The SMILES string of the molecule is COCC1C(=O)CCN1C(=O)OC(C)(C)C. The van der Waals surface area contributed by atoms with Gasteiger partial charge in [0.15, 0.2) is 5.78 Å². The Kier molecular flexibility index (Phi) is 3.91. The molecule has 0 N–H and O–H groups in total. The van der Waals surface area contributed by atoms with Crippen LogP contribution in [0.4, 0.5) is 4.79 Å². The lowest BCUT2D eigenvalue weighted by atomic mass is 10.2. The number of rotatable bonds is 2. The number of methoxy groups -OCH3 is 1. The molecule has 1 heterocycles. The Bertz CT molecular complexity index is 282. The summed E-state index contributed by atoms with van der Waals surface area (Å²) in [5.41, 5.74) is -0.541. The van der Waals surface area contributed by atoms with Crippen molar-refractivity contribution in [2.45, 2.75) is 38.8 Å². The molecule has 16 heavy (non-hydrogen) atoms. The van der Waals surface area contributed by atoms with Crippen molar-refractivity contribution in [2.24, 2.45) is 0 Å². The molecule has 1 unspecified atom stereocenters. The largest absolute Gasteiger partial charge is 0.444 e. The molecule has 0 aromatic heterocycles. The molecule has 0 saturated carbocycles. The van der Waals surface area contributed by atoms with E-state index in [1.54, 1.807) is 20.8 Å². The van der Waals surface area contributed by atoms with Crippen LogP contribution in [0, 0.1) is 0 Å². The van der Waals surface area contributed by atoms with E-state index in [4.69, 9.17) is 9.47 Å². The highest BCUT2D eigenvalue weighted by Crippen LogP contribution is 2.18. The first kappa shape index (κ1) is 13.0. The number of hydrogen-bond donors (Lipinski definition) is 0. The van der Waals surface area contributed by atoms with E-state index in [2.05, 4.69) is 0 Å². The summed E-state index contributed by atoms with van der Waals surface area (Å²) in [5, 5.41) is 0. The van der Waals surface area contributed by atoms with Gasteiger partial charge in [-0.25, -0.2) is 4.79 Å². The second kappa shape index (κ2) is 4.82. The van der Waals surface area contributed by atoms with Gasteiger partial charge in [0.05, 0.1) is 6.61 Å². The van der Waals surface area contributed by atoms with Crippen LogP contribution in [0.2, 0.25) is 0 Å². The second-order valence-electron chi connectivity index (χ2n) is 4.86. The summed E-state index contributed by atoms with van der Waals surface area (Å²) in [6, 6.07) is -0.486. The summed E-state index contributed by atoms with van der Waals surface area (Å²) in [5.74, 6) is 0.0349. The Labute approximate surface area is 95.7 Å². The van der Waals surface area contributed by atoms with Gasteiger partial charge in [-0.05, 0) is 20.8 Å². The first-order chi connectivity index (χ1) is 7.35. The number of carbonyl (C=O) groups excluding carboxylic acids is 2. The molecule has 0 aromatic carbocycles. The van der Waals surface area contributed by atoms with Gasteiger partial charge < -0.3 is 9.47 Å². The molecule has 0 aliphatic carbocycles. The highest BCUT2D eigenvalue weighted by atomic mass is 16.6. The lowest BCUT2D eigenvalue weighted by molar-refractivity contribution is -0.121. The molecular formula is C11H19NO4. The fourth-order valence-corrected chi connectivity index (χ4v) is 1.61. The Morgan fingerprint density at radius 1 is 1.50 bits per heavy atom. The fraction of sp³-hybridized carbons (Fsp3) is 0.818. The van der Waals surface area contributed by atoms with Crippen LogP contribution in [-0.2, 0) is 14.3 Å². The first-order valence-electron chi connectivity index (χ1n) is 5.36. The van der Waals surface area contributed by atoms with E-state index in [0.717, 1.165) is 0 Å². The maximum atomic E-state index is 11.8. The van der Waals surface area contributed by atoms with Gasteiger partial charge in [0.2, 0.25) is 0 Å². The number of carbonyl (C=O) groups is 2. The molecule has 1 aliphatic rings. The van der Waals surface area contributed by atoms with Crippen LogP contribution in [-0.4, -0.2) is 48.7 Å². The van der Waals surface area contributed by atoms with Crippen LogP contribution in [0.3, 0.4) is 0 Å². The summed E-state index contributed by atoms with van der Waals surface area (Å²) in [6.07, 6.45) is -0.0619. The number of ketones is 1. The minimum atomic E-state index is -0.541. The number of amides is 1. The fourth-order valence-electron chi connectivity index (χ4n) is 1.61. The molecule has 1 fully saturated rings. The number of Topliss-reactive ketones (excluding diaryl/α,β-unsaturated/α-hetero) is 1. The topological polar surface area (TPSA) is 55.8 Å². The molecule has 1 saturated heterocycles. The van der Waals surface area contributed by atoms with Crippen molar-refractivity contribution >= 4 is 11.9 Å². The lowest BCUT2D eigenvalue weighted by Crippen LogP contribution is -2.43. The third-order valence-electron chi connectivity index (χ3n) is 2.30. The van der Waals surface area contributed by atoms with Gasteiger partial charge in [0.25, 0.3) is 0 Å². The van der Waals surface area contributed by atoms with E-state index in [-0.39, 0.29) is 12.4 Å². The third kappa shape index (κ3) is 3.20. The number of ether oxygens (including phenoxy) is 2. The zero-order chi connectivity index (χ0) is 12.3. The van der Waals surface area contributed by atoms with Crippen LogP contribution in [0.15, 0.2) is 0 Å². The number of likely N-dealkylation sites (tertiary alicyclic amines) is 1. The summed E-state index contributed by atoms with van der Waals surface area (Å²) in [4.78, 5) is 24.7. The van der Waals surface area contributed by atoms with Gasteiger partial charge in [-0.3, -0.25) is 9.69 Å². The number of nitrogens with zero attached hydrogens (tertiary/aromatic N) is 1. The molecule has 5 heteroatoms. The maximum Gasteiger partial charge on any atom is 0.410 e. The zero-order valence-corrected chi connectivity index (χ0v) is 10.3. The Morgan fingerprint density at radius 3 is 2.62 bits per heavy atom. The monoisotopic (exact) mass is 229 g/mol. The minimum absolute atomic E-state index is 0.0349. The highest BCUT2D eigenvalue weighted by Gasteiger charge is 2.37. The van der Waals surface area contributed by atoms with Crippen LogP contribution in [0.1, 0.15) is 27.2 Å². The van der Waals surface area contributed by atoms with E-state index in [0.29, 0.717) is 13.0 Å². The van der Waals surface area contributed by atoms with Crippen molar-refractivity contribution in [2.75, 3.05) is 20.3 Å². The normalized spacial score (nSPS) is 21.4. The van der Waals surface area contributed by atoms with Crippen molar-refractivity contribution in [3.63, 3.8) is 0 Å². The summed E-state index contributed by atoms with van der Waals surface area (Å²) >= 11 is 0. The molecule has 0 radical (unpaired) electrons. The molecular weight excluding hydrogens is 210 g/mol. The van der Waals surface area contributed by atoms with Crippen LogP contribution in [0.25, 0.3) is 0 Å². The van der Waals surface area contributed by atoms with Crippen LogP contribution in [0.5, 0.6) is 0 Å². The molecule has 92 valence electrons.